The van der Waals surface area contributed by atoms with Gasteiger partial charge in [-0.3, -0.25) is 4.79 Å². The van der Waals surface area contributed by atoms with Crippen LogP contribution in [0.1, 0.15) is 51.9 Å². The van der Waals surface area contributed by atoms with Gasteiger partial charge in [-0.15, -0.1) is 12.4 Å². The Morgan fingerprint density at radius 1 is 1.09 bits per heavy atom. The molecule has 2 unspecified atom stereocenters. The molecule has 0 aromatic heterocycles. The highest BCUT2D eigenvalue weighted by molar-refractivity contribution is 5.85. The number of hydrogen-bond donors (Lipinski definition) is 1. The monoisotopic (exact) mass is 329 g/mol. The molecule has 0 bridgehead atoms. The Morgan fingerprint density at radius 2 is 1.95 bits per heavy atom. The molecule has 0 spiro atoms. The summed E-state index contributed by atoms with van der Waals surface area (Å²) >= 11 is 0. The number of carbonyl (C=O) groups excluding carboxylic acids is 1. The number of amides is 1. The molecule has 4 nitrogen and oxygen atoms in total. The molecule has 0 aliphatic carbocycles. The number of halogens is 1. The zero-order valence-electron chi connectivity index (χ0n) is 13.9. The van der Waals surface area contributed by atoms with Crippen LogP contribution < -0.4 is 5.32 Å². The zero-order chi connectivity index (χ0) is 14.7. The largest absolute Gasteiger partial charge is 0.341 e. The summed E-state index contributed by atoms with van der Waals surface area (Å²) in [6, 6.07) is 0.846. The van der Waals surface area contributed by atoms with Gasteiger partial charge >= 0.3 is 0 Å². The lowest BCUT2D eigenvalue weighted by molar-refractivity contribution is -0.135. The molecular weight excluding hydrogens is 298 g/mol. The Labute approximate surface area is 141 Å². The van der Waals surface area contributed by atoms with Crippen molar-refractivity contribution >= 4 is 18.3 Å². The van der Waals surface area contributed by atoms with Crippen LogP contribution in [0.4, 0.5) is 0 Å². The van der Waals surface area contributed by atoms with Crippen LogP contribution in [0.25, 0.3) is 0 Å². The van der Waals surface area contributed by atoms with Gasteiger partial charge in [0.25, 0.3) is 0 Å². The maximum Gasteiger partial charge on any atom is 0.239 e. The van der Waals surface area contributed by atoms with Crippen molar-refractivity contribution in [2.45, 2.75) is 64.0 Å². The zero-order valence-corrected chi connectivity index (χ0v) is 14.7. The first-order valence-electron chi connectivity index (χ1n) is 9.00. The number of nitrogens with zero attached hydrogens (tertiary/aromatic N) is 2. The first-order chi connectivity index (χ1) is 10.2. The van der Waals surface area contributed by atoms with Crippen LogP contribution in [-0.4, -0.2) is 60.5 Å². The van der Waals surface area contributed by atoms with Gasteiger partial charge in [-0.05, 0) is 64.5 Å². The average Bonchev–Trinajstić information content (AvgIpc) is 3.03. The van der Waals surface area contributed by atoms with Crippen molar-refractivity contribution in [2.75, 3.05) is 32.7 Å². The number of likely N-dealkylation sites (tertiary alicyclic amines) is 2. The minimum atomic E-state index is 0. The van der Waals surface area contributed by atoms with E-state index < -0.39 is 0 Å². The maximum atomic E-state index is 12.6. The second-order valence-electron chi connectivity index (χ2n) is 7.28. The summed E-state index contributed by atoms with van der Waals surface area (Å²) in [6.07, 6.45) is 8.76. The molecule has 0 saturated carbocycles. The number of hydrogen-bond acceptors (Lipinski definition) is 3. The summed E-state index contributed by atoms with van der Waals surface area (Å²) in [4.78, 5) is 17.4. The van der Waals surface area contributed by atoms with Gasteiger partial charge in [-0.2, -0.15) is 0 Å². The van der Waals surface area contributed by atoms with Crippen molar-refractivity contribution in [2.24, 2.45) is 5.92 Å². The molecule has 3 aliphatic heterocycles. The van der Waals surface area contributed by atoms with Gasteiger partial charge in [0.2, 0.25) is 5.91 Å². The van der Waals surface area contributed by atoms with E-state index in [1.165, 1.54) is 45.2 Å². The topological polar surface area (TPSA) is 35.6 Å². The molecule has 3 rings (SSSR count). The van der Waals surface area contributed by atoms with E-state index in [1.54, 1.807) is 0 Å². The predicted molar refractivity (Wildman–Crippen MR) is 92.5 cm³/mol. The van der Waals surface area contributed by atoms with E-state index in [2.05, 4.69) is 22.0 Å². The van der Waals surface area contributed by atoms with Gasteiger partial charge in [0.15, 0.2) is 0 Å². The molecule has 5 heteroatoms. The third-order valence-electron chi connectivity index (χ3n) is 5.62. The fourth-order valence-electron chi connectivity index (χ4n) is 4.29. The average molecular weight is 330 g/mol. The molecule has 22 heavy (non-hydrogen) atoms. The normalized spacial score (nSPS) is 33.5. The van der Waals surface area contributed by atoms with E-state index in [0.717, 1.165) is 38.5 Å². The quantitative estimate of drug-likeness (QED) is 0.862. The smallest absolute Gasteiger partial charge is 0.239 e. The molecule has 0 radical (unpaired) electrons. The molecule has 3 fully saturated rings. The lowest BCUT2D eigenvalue weighted by Gasteiger charge is -2.40. The predicted octanol–water partition coefficient (Wildman–Crippen LogP) is 2.27. The van der Waals surface area contributed by atoms with E-state index in [0.29, 0.717) is 11.8 Å². The Bertz CT molecular complexity index is 360. The molecule has 3 saturated heterocycles. The van der Waals surface area contributed by atoms with Crippen molar-refractivity contribution < 1.29 is 4.79 Å². The number of nitrogens with one attached hydrogen (secondary N) is 1. The summed E-state index contributed by atoms with van der Waals surface area (Å²) in [5, 5.41) is 3.36. The Balaban J connectivity index is 0.00000176. The van der Waals surface area contributed by atoms with Gasteiger partial charge in [0, 0.05) is 25.7 Å². The number of carbonyl (C=O) groups is 1. The standard InChI is InChI=1S/C17H31N3O.ClH/c1-14-6-2-3-10-19(14)12-15-7-5-11-20(13-15)17(21)16-8-4-9-18-16;/h14-16,18H,2-13H2,1H3;1H/t14?,15?,16-;/m0./s1. The Morgan fingerprint density at radius 3 is 2.68 bits per heavy atom. The number of rotatable bonds is 3. The van der Waals surface area contributed by atoms with E-state index in [1.807, 2.05) is 0 Å². The molecule has 0 aromatic carbocycles. The second-order valence-corrected chi connectivity index (χ2v) is 7.28. The van der Waals surface area contributed by atoms with Crippen molar-refractivity contribution in [1.82, 2.24) is 15.1 Å². The van der Waals surface area contributed by atoms with Crippen LogP contribution in [-0.2, 0) is 4.79 Å². The Hall–Kier alpha value is -0.320. The first-order valence-corrected chi connectivity index (χ1v) is 9.00. The summed E-state index contributed by atoms with van der Waals surface area (Å²) < 4.78 is 0. The van der Waals surface area contributed by atoms with Crippen LogP contribution >= 0.6 is 12.4 Å². The summed E-state index contributed by atoms with van der Waals surface area (Å²) in [5.41, 5.74) is 0. The fraction of sp³-hybridized carbons (Fsp3) is 0.941. The minimum absolute atomic E-state index is 0. The highest BCUT2D eigenvalue weighted by Gasteiger charge is 2.31. The second kappa shape index (κ2) is 8.51. The molecule has 1 N–H and O–H groups in total. The third kappa shape index (κ3) is 4.36. The molecule has 3 aliphatic rings. The maximum absolute atomic E-state index is 12.6. The van der Waals surface area contributed by atoms with Crippen LogP contribution in [0.3, 0.4) is 0 Å². The molecule has 3 heterocycles. The van der Waals surface area contributed by atoms with Crippen molar-refractivity contribution in [1.29, 1.82) is 0 Å². The van der Waals surface area contributed by atoms with Gasteiger partial charge in [0.05, 0.1) is 6.04 Å². The minimum Gasteiger partial charge on any atom is -0.341 e. The third-order valence-corrected chi connectivity index (χ3v) is 5.62. The van der Waals surface area contributed by atoms with Crippen molar-refractivity contribution in [3.8, 4) is 0 Å². The van der Waals surface area contributed by atoms with Gasteiger partial charge in [-0.1, -0.05) is 6.42 Å². The van der Waals surface area contributed by atoms with Gasteiger partial charge in [-0.25, -0.2) is 0 Å². The fourth-order valence-corrected chi connectivity index (χ4v) is 4.29. The van der Waals surface area contributed by atoms with Crippen LogP contribution in [0, 0.1) is 5.92 Å². The van der Waals surface area contributed by atoms with Crippen LogP contribution in [0.15, 0.2) is 0 Å². The molecule has 3 atom stereocenters. The Kier molecular flexibility index (Phi) is 6.97. The summed E-state index contributed by atoms with van der Waals surface area (Å²) in [5.74, 6) is 1.05. The number of piperidine rings is 2. The van der Waals surface area contributed by atoms with E-state index in [-0.39, 0.29) is 18.4 Å². The summed E-state index contributed by atoms with van der Waals surface area (Å²) in [7, 11) is 0. The van der Waals surface area contributed by atoms with E-state index in [4.69, 9.17) is 0 Å². The van der Waals surface area contributed by atoms with Crippen molar-refractivity contribution in [3.05, 3.63) is 0 Å². The van der Waals surface area contributed by atoms with E-state index in [9.17, 15) is 4.79 Å². The van der Waals surface area contributed by atoms with Crippen LogP contribution in [0.5, 0.6) is 0 Å². The SMILES string of the molecule is CC1CCCCN1CC1CCCN(C(=O)[C@@H]2CCCN2)C1.Cl. The van der Waals surface area contributed by atoms with E-state index >= 15 is 0 Å². The highest BCUT2D eigenvalue weighted by atomic mass is 35.5. The van der Waals surface area contributed by atoms with Crippen LogP contribution in [0.2, 0.25) is 0 Å². The van der Waals surface area contributed by atoms with Gasteiger partial charge < -0.3 is 15.1 Å². The molecule has 0 aromatic rings. The van der Waals surface area contributed by atoms with Crippen molar-refractivity contribution in [3.63, 3.8) is 0 Å². The van der Waals surface area contributed by atoms with Gasteiger partial charge in [0.1, 0.15) is 0 Å². The summed E-state index contributed by atoms with van der Waals surface area (Å²) in [6.45, 7) is 7.80. The lowest BCUT2D eigenvalue weighted by Crippen LogP contribution is -2.50. The lowest BCUT2D eigenvalue weighted by atomic mass is 9.94. The highest BCUT2D eigenvalue weighted by Crippen LogP contribution is 2.23. The molecule has 1 amide bonds. The molecular formula is C17H32ClN3O. The first kappa shape index (κ1) is 18.0. The molecule has 128 valence electrons.